The average molecular weight is 105 g/mol. The maximum atomic E-state index is 8.36. The van der Waals surface area contributed by atoms with Crippen LogP contribution in [0.15, 0.2) is 0 Å². The summed E-state index contributed by atoms with van der Waals surface area (Å²) in [6.45, 7) is 2.89. The summed E-state index contributed by atoms with van der Waals surface area (Å²) in [6.07, 6.45) is 0. The normalized spacial score (nSPS) is 6.00. The first-order chi connectivity index (χ1) is 3.33. The van der Waals surface area contributed by atoms with E-state index < -0.39 is 0 Å². The van der Waals surface area contributed by atoms with Crippen molar-refractivity contribution in [2.45, 2.75) is 6.92 Å². The maximum Gasteiger partial charge on any atom is 0.290 e. The molecule has 7 heavy (non-hydrogen) atoms. The highest BCUT2D eigenvalue weighted by molar-refractivity contribution is 5.32. The second-order valence-electron chi connectivity index (χ2n) is 0.813. The Balaban J connectivity index is 0. The molecular weight excluding hydrogens is 94.0 g/mol. The largest absolute Gasteiger partial charge is 0.483 e. The number of rotatable bonds is 1. The van der Waals surface area contributed by atoms with E-state index in [0.29, 0.717) is 0 Å². The van der Waals surface area contributed by atoms with Crippen molar-refractivity contribution in [1.29, 1.82) is 0 Å². The molecule has 3 nitrogen and oxygen atoms in total. The first-order valence-electron chi connectivity index (χ1n) is 2.05. The summed E-state index contributed by atoms with van der Waals surface area (Å²) in [4.78, 5) is 8.36. The molecule has 0 aromatic heterocycles. The van der Waals surface area contributed by atoms with Crippen LogP contribution in [0.4, 0.5) is 0 Å². The Kier molecular flexibility index (Phi) is 24.9. The van der Waals surface area contributed by atoms with E-state index in [0.717, 1.165) is 6.54 Å². The van der Waals surface area contributed by atoms with Crippen molar-refractivity contribution in [2.75, 3.05) is 13.6 Å². The van der Waals surface area contributed by atoms with E-state index in [9.17, 15) is 0 Å². The summed E-state index contributed by atoms with van der Waals surface area (Å²) in [7, 11) is 1.93. The van der Waals surface area contributed by atoms with Gasteiger partial charge in [-0.25, -0.2) is 0 Å². The van der Waals surface area contributed by atoms with Gasteiger partial charge in [0, 0.05) is 0 Å². The first-order valence-corrected chi connectivity index (χ1v) is 2.05. The van der Waals surface area contributed by atoms with Crippen molar-refractivity contribution >= 4 is 6.47 Å². The lowest BCUT2D eigenvalue weighted by atomic mass is 10.8. The van der Waals surface area contributed by atoms with Gasteiger partial charge in [-0.2, -0.15) is 0 Å². The summed E-state index contributed by atoms with van der Waals surface area (Å²) < 4.78 is 0. The molecule has 0 aromatic carbocycles. The Morgan fingerprint density at radius 3 is 2.00 bits per heavy atom. The van der Waals surface area contributed by atoms with Gasteiger partial charge in [0.25, 0.3) is 6.47 Å². The van der Waals surface area contributed by atoms with Crippen molar-refractivity contribution in [2.24, 2.45) is 0 Å². The fraction of sp³-hybridized carbons (Fsp3) is 0.750. The molecular formula is C4H11NO2. The number of hydrogen-bond donors (Lipinski definition) is 2. The van der Waals surface area contributed by atoms with Gasteiger partial charge in [0.15, 0.2) is 0 Å². The maximum absolute atomic E-state index is 8.36. The third-order valence-electron chi connectivity index (χ3n) is 0.354. The van der Waals surface area contributed by atoms with Gasteiger partial charge in [-0.15, -0.1) is 0 Å². The van der Waals surface area contributed by atoms with Gasteiger partial charge in [0.05, 0.1) is 0 Å². The smallest absolute Gasteiger partial charge is 0.290 e. The lowest BCUT2D eigenvalue weighted by molar-refractivity contribution is -0.122. The van der Waals surface area contributed by atoms with Crippen LogP contribution in [-0.2, 0) is 4.79 Å². The van der Waals surface area contributed by atoms with Gasteiger partial charge in [0.1, 0.15) is 0 Å². The second kappa shape index (κ2) is 18.0. The molecule has 0 heterocycles. The van der Waals surface area contributed by atoms with Gasteiger partial charge in [0.2, 0.25) is 0 Å². The van der Waals surface area contributed by atoms with Crippen molar-refractivity contribution in [1.82, 2.24) is 5.32 Å². The number of carboxylic acid groups (broad SMARTS) is 1. The zero-order valence-electron chi connectivity index (χ0n) is 4.64. The van der Waals surface area contributed by atoms with Crippen LogP contribution in [0.5, 0.6) is 0 Å². The molecule has 0 radical (unpaired) electrons. The highest BCUT2D eigenvalue weighted by atomic mass is 16.3. The van der Waals surface area contributed by atoms with Gasteiger partial charge in [-0.3, -0.25) is 4.79 Å². The van der Waals surface area contributed by atoms with Crippen LogP contribution in [0.1, 0.15) is 6.92 Å². The monoisotopic (exact) mass is 105 g/mol. The lowest BCUT2D eigenvalue weighted by Gasteiger charge is -1.76. The highest BCUT2D eigenvalue weighted by Crippen LogP contribution is 1.34. The Morgan fingerprint density at radius 2 is 2.00 bits per heavy atom. The second-order valence-corrected chi connectivity index (χ2v) is 0.813. The topological polar surface area (TPSA) is 49.3 Å². The number of hydrogen-bond acceptors (Lipinski definition) is 2. The molecule has 0 fully saturated rings. The van der Waals surface area contributed by atoms with E-state index in [1.807, 2.05) is 7.05 Å². The van der Waals surface area contributed by atoms with E-state index in [1.165, 1.54) is 0 Å². The summed E-state index contributed by atoms with van der Waals surface area (Å²) in [6, 6.07) is 0. The molecule has 0 saturated heterocycles. The Hall–Kier alpha value is -0.570. The van der Waals surface area contributed by atoms with Crippen LogP contribution >= 0.6 is 0 Å². The van der Waals surface area contributed by atoms with E-state index in [1.54, 1.807) is 0 Å². The summed E-state index contributed by atoms with van der Waals surface area (Å²) >= 11 is 0. The molecule has 3 heteroatoms. The Bertz CT molecular complexity index is 28.9. The van der Waals surface area contributed by atoms with E-state index in [2.05, 4.69) is 12.2 Å². The van der Waals surface area contributed by atoms with Crippen LogP contribution in [0, 0.1) is 0 Å². The molecule has 44 valence electrons. The molecule has 0 aliphatic carbocycles. The Labute approximate surface area is 43.3 Å². The lowest BCUT2D eigenvalue weighted by Crippen LogP contribution is -2.01. The van der Waals surface area contributed by atoms with Gasteiger partial charge >= 0.3 is 0 Å². The van der Waals surface area contributed by atoms with Crippen LogP contribution in [0.25, 0.3) is 0 Å². The molecule has 0 bridgehead atoms. The first kappa shape index (κ1) is 9.66. The molecule has 0 aromatic rings. The minimum Gasteiger partial charge on any atom is -0.483 e. The highest BCUT2D eigenvalue weighted by Gasteiger charge is 1.50. The summed E-state index contributed by atoms with van der Waals surface area (Å²) in [5, 5.41) is 9.82. The van der Waals surface area contributed by atoms with Crippen molar-refractivity contribution in [3.63, 3.8) is 0 Å². The predicted molar refractivity (Wildman–Crippen MR) is 28.3 cm³/mol. The van der Waals surface area contributed by atoms with Crippen molar-refractivity contribution in [3.05, 3.63) is 0 Å². The molecule has 0 rings (SSSR count). The molecule has 0 unspecified atom stereocenters. The number of carbonyl (C=O) groups is 1. The van der Waals surface area contributed by atoms with E-state index in [-0.39, 0.29) is 6.47 Å². The average Bonchev–Trinajstić information content (AvgIpc) is 1.69. The SMILES string of the molecule is CCNC.O=CO. The van der Waals surface area contributed by atoms with Gasteiger partial charge in [-0.1, -0.05) is 6.92 Å². The molecule has 0 amide bonds. The van der Waals surface area contributed by atoms with Crippen LogP contribution in [0.2, 0.25) is 0 Å². The third kappa shape index (κ3) is 346. The van der Waals surface area contributed by atoms with Crippen LogP contribution < -0.4 is 5.32 Å². The molecule has 0 aliphatic rings. The quantitative estimate of drug-likeness (QED) is 0.459. The van der Waals surface area contributed by atoms with Crippen LogP contribution in [-0.4, -0.2) is 25.2 Å². The van der Waals surface area contributed by atoms with Crippen LogP contribution in [0.3, 0.4) is 0 Å². The fourth-order valence-electron chi connectivity index (χ4n) is 0. The predicted octanol–water partition coefficient (Wildman–Crippen LogP) is -0.0735. The van der Waals surface area contributed by atoms with Gasteiger partial charge in [-0.05, 0) is 13.6 Å². The number of nitrogens with one attached hydrogen (secondary N) is 1. The minimum atomic E-state index is -0.250. The molecule has 0 spiro atoms. The van der Waals surface area contributed by atoms with Gasteiger partial charge < -0.3 is 10.4 Å². The van der Waals surface area contributed by atoms with E-state index >= 15 is 0 Å². The summed E-state index contributed by atoms with van der Waals surface area (Å²) in [5.74, 6) is 0. The molecule has 0 aliphatic heterocycles. The molecule has 0 saturated carbocycles. The molecule has 0 atom stereocenters. The zero-order valence-corrected chi connectivity index (χ0v) is 4.64. The third-order valence-corrected chi connectivity index (χ3v) is 0.354. The zero-order chi connectivity index (χ0) is 6.12. The fourth-order valence-corrected chi connectivity index (χ4v) is 0. The van der Waals surface area contributed by atoms with E-state index in [4.69, 9.17) is 9.90 Å². The molecule has 2 N–H and O–H groups in total. The summed E-state index contributed by atoms with van der Waals surface area (Å²) in [5.41, 5.74) is 0. The standard InChI is InChI=1S/C3H9N.CH2O2/c1-3-4-2;2-1-3/h4H,3H2,1-2H3;1H,(H,2,3). The Morgan fingerprint density at radius 1 is 1.86 bits per heavy atom. The minimum absolute atomic E-state index is 0.250. The van der Waals surface area contributed by atoms with Crippen molar-refractivity contribution in [3.8, 4) is 0 Å². The van der Waals surface area contributed by atoms with Crippen molar-refractivity contribution < 1.29 is 9.90 Å².